The van der Waals surface area contributed by atoms with Gasteiger partial charge in [0.25, 0.3) is 0 Å². The Morgan fingerprint density at radius 3 is 1.90 bits per heavy atom. The normalized spacial score (nSPS) is 12.5. The maximum atomic E-state index is 12.3. The van der Waals surface area contributed by atoms with Crippen LogP contribution in [0.3, 0.4) is 0 Å². The highest BCUT2D eigenvalue weighted by Crippen LogP contribution is 2.09. The monoisotopic (exact) mass is 438 g/mol. The summed E-state index contributed by atoms with van der Waals surface area (Å²) >= 11 is 0. The molecule has 0 atom stereocenters. The minimum atomic E-state index is -0.153. The van der Waals surface area contributed by atoms with Gasteiger partial charge in [0.2, 0.25) is 0 Å². The Balaban J connectivity index is -0.000000160. The molecule has 0 N–H and O–H groups in total. The predicted molar refractivity (Wildman–Crippen MR) is 137 cm³/mol. The molecule has 0 fully saturated rings. The molecule has 0 aliphatic heterocycles. The Kier molecular flexibility index (Phi) is 32.3. The largest absolute Gasteiger partial charge is 0.269 e. The van der Waals surface area contributed by atoms with Crippen LogP contribution in [0, 0.1) is 5.82 Å². The van der Waals surface area contributed by atoms with E-state index >= 15 is 0 Å². The van der Waals surface area contributed by atoms with Gasteiger partial charge in [-0.25, -0.2) is 4.39 Å². The molecule has 0 spiro atoms. The van der Waals surface area contributed by atoms with Crippen molar-refractivity contribution in [1.82, 2.24) is 0 Å². The first-order valence-corrected chi connectivity index (χ1v) is 11.2. The van der Waals surface area contributed by atoms with Crippen LogP contribution in [0.2, 0.25) is 0 Å². The number of aryl methyl sites for hydroxylation is 1. The van der Waals surface area contributed by atoms with E-state index in [9.17, 15) is 4.39 Å². The van der Waals surface area contributed by atoms with Gasteiger partial charge in [0.15, 0.2) is 0 Å². The molecule has 1 aromatic carbocycles. The van der Waals surface area contributed by atoms with Crippen LogP contribution in [0.25, 0.3) is 0 Å². The standard InChI is InChI=1S/C9H11F.C8H10.C7H10.2C2H6.2FH/c1-2-3-8-4-6-9(10)7-5-8;1-8-6-4-2-3-5-7-8;1-7-5-3-2-4-6-7;2*1-2;;/h4-7H,2-3H2,1H3;2-4,6-7H,5H2,1H3;2-3,5H,4,6H2,1H3;2*1-2H3;2*1H. The maximum Gasteiger partial charge on any atom is 0.123 e. The third kappa shape index (κ3) is 23.9. The van der Waals surface area contributed by atoms with E-state index in [0.717, 1.165) is 19.3 Å². The fourth-order valence-corrected chi connectivity index (χ4v) is 2.35. The lowest BCUT2D eigenvalue weighted by Crippen LogP contribution is -1.81. The Morgan fingerprint density at radius 2 is 1.45 bits per heavy atom. The number of halogens is 3. The van der Waals surface area contributed by atoms with Crippen LogP contribution in [0.4, 0.5) is 13.8 Å². The zero-order chi connectivity index (χ0) is 22.3. The molecular formula is C28H45F3. The first kappa shape index (κ1) is 36.1. The van der Waals surface area contributed by atoms with Gasteiger partial charge >= 0.3 is 0 Å². The van der Waals surface area contributed by atoms with Crippen LogP contribution in [0.5, 0.6) is 0 Å². The second-order valence-corrected chi connectivity index (χ2v) is 6.33. The molecule has 0 bridgehead atoms. The average molecular weight is 439 g/mol. The van der Waals surface area contributed by atoms with Gasteiger partial charge in [0.05, 0.1) is 0 Å². The molecule has 3 heteroatoms. The Labute approximate surface area is 190 Å². The van der Waals surface area contributed by atoms with Gasteiger partial charge in [-0.15, -0.1) is 0 Å². The van der Waals surface area contributed by atoms with Gasteiger partial charge in [-0.1, -0.05) is 113 Å². The molecule has 0 amide bonds. The molecule has 0 unspecified atom stereocenters. The molecule has 0 saturated heterocycles. The van der Waals surface area contributed by atoms with Crippen LogP contribution in [0.1, 0.15) is 79.7 Å². The highest BCUT2D eigenvalue weighted by atomic mass is 19.1. The topological polar surface area (TPSA) is 0 Å². The summed E-state index contributed by atoms with van der Waals surface area (Å²) in [4.78, 5) is 0. The first-order chi connectivity index (χ1) is 14.1. The van der Waals surface area contributed by atoms with Crippen LogP contribution >= 0.6 is 0 Å². The Morgan fingerprint density at radius 1 is 0.839 bits per heavy atom. The highest BCUT2D eigenvalue weighted by Gasteiger charge is 1.90. The smallest absolute Gasteiger partial charge is 0.123 e. The third-order valence-electron chi connectivity index (χ3n) is 3.86. The zero-order valence-electron chi connectivity index (χ0n) is 20.7. The minimum absolute atomic E-state index is 0. The van der Waals surface area contributed by atoms with E-state index < -0.39 is 0 Å². The number of benzene rings is 1. The summed E-state index contributed by atoms with van der Waals surface area (Å²) in [6.07, 6.45) is 22.8. The van der Waals surface area contributed by atoms with Crippen LogP contribution in [0.15, 0.2) is 84.0 Å². The fraction of sp³-hybridized carbons (Fsp3) is 0.429. The van der Waals surface area contributed by atoms with Gasteiger partial charge in [-0.3, -0.25) is 9.41 Å². The van der Waals surface area contributed by atoms with Crippen molar-refractivity contribution in [1.29, 1.82) is 0 Å². The second-order valence-electron chi connectivity index (χ2n) is 6.33. The minimum Gasteiger partial charge on any atom is -0.269 e. The molecule has 1 aromatic rings. The quantitative estimate of drug-likeness (QED) is 0.431. The summed E-state index contributed by atoms with van der Waals surface area (Å²) in [6.45, 7) is 14.4. The molecule has 0 saturated carbocycles. The van der Waals surface area contributed by atoms with Crippen LogP contribution in [-0.4, -0.2) is 0 Å². The van der Waals surface area contributed by atoms with Gasteiger partial charge in [0.1, 0.15) is 5.82 Å². The Hall–Kier alpha value is -2.29. The van der Waals surface area contributed by atoms with Crippen LogP contribution in [-0.2, 0) is 6.42 Å². The van der Waals surface area contributed by atoms with Crippen molar-refractivity contribution in [3.63, 3.8) is 0 Å². The number of rotatable bonds is 2. The summed E-state index contributed by atoms with van der Waals surface area (Å²) in [5.41, 5.74) is 4.07. The first-order valence-electron chi connectivity index (χ1n) is 11.2. The molecule has 2 aliphatic rings. The molecule has 0 aromatic heterocycles. The summed E-state index contributed by atoms with van der Waals surface area (Å²) in [6, 6.07) is 6.67. The van der Waals surface area contributed by atoms with Crippen molar-refractivity contribution in [2.45, 2.75) is 80.6 Å². The van der Waals surface area contributed by atoms with Gasteiger partial charge in [-0.2, -0.15) is 0 Å². The van der Waals surface area contributed by atoms with Crippen LogP contribution < -0.4 is 0 Å². The van der Waals surface area contributed by atoms with E-state index in [0.29, 0.717) is 0 Å². The average Bonchev–Trinajstić information content (AvgIpc) is 3.02. The van der Waals surface area contributed by atoms with E-state index in [2.05, 4.69) is 69.4 Å². The molecule has 0 nitrogen and oxygen atoms in total. The molecule has 3 rings (SSSR count). The fourth-order valence-electron chi connectivity index (χ4n) is 2.35. The van der Waals surface area contributed by atoms with Gasteiger partial charge in [0, 0.05) is 0 Å². The van der Waals surface area contributed by atoms with Crippen molar-refractivity contribution in [2.75, 3.05) is 0 Å². The number of hydrogen-bond acceptors (Lipinski definition) is 0. The third-order valence-corrected chi connectivity index (χ3v) is 3.86. The summed E-state index contributed by atoms with van der Waals surface area (Å²) in [5.74, 6) is -0.153. The molecular weight excluding hydrogens is 393 g/mol. The van der Waals surface area contributed by atoms with Gasteiger partial charge in [-0.05, 0) is 57.2 Å². The number of allylic oxidation sites excluding steroid dienone is 10. The molecule has 178 valence electrons. The molecule has 2 aliphatic carbocycles. The van der Waals surface area contributed by atoms with E-state index in [1.807, 2.05) is 39.8 Å². The summed E-state index contributed by atoms with van der Waals surface area (Å²) < 4.78 is 12.3. The van der Waals surface area contributed by atoms with E-state index in [1.165, 1.54) is 41.7 Å². The predicted octanol–water partition coefficient (Wildman–Crippen LogP) is 9.87. The van der Waals surface area contributed by atoms with Crippen molar-refractivity contribution >= 4 is 0 Å². The summed E-state index contributed by atoms with van der Waals surface area (Å²) in [7, 11) is 0. The highest BCUT2D eigenvalue weighted by molar-refractivity contribution is 5.24. The van der Waals surface area contributed by atoms with E-state index in [4.69, 9.17) is 0 Å². The van der Waals surface area contributed by atoms with Crippen molar-refractivity contribution < 1.29 is 13.8 Å². The van der Waals surface area contributed by atoms with Gasteiger partial charge < -0.3 is 0 Å². The maximum absolute atomic E-state index is 12.3. The van der Waals surface area contributed by atoms with E-state index in [1.54, 1.807) is 0 Å². The SMILES string of the molecule is CC.CC.CC1=CC=CCC1.CC1=CCC=CC=C1.CCCc1ccc(F)cc1.F.F. The van der Waals surface area contributed by atoms with Crippen molar-refractivity contribution in [3.05, 3.63) is 95.4 Å². The summed E-state index contributed by atoms with van der Waals surface area (Å²) in [5, 5.41) is 0. The lowest BCUT2D eigenvalue weighted by atomic mass is 10.1. The van der Waals surface area contributed by atoms with Crippen molar-refractivity contribution in [3.8, 4) is 0 Å². The number of hydrogen-bond donors (Lipinski definition) is 0. The van der Waals surface area contributed by atoms with E-state index in [-0.39, 0.29) is 15.2 Å². The molecule has 0 radical (unpaired) electrons. The molecule has 0 heterocycles. The zero-order valence-corrected chi connectivity index (χ0v) is 20.7. The lowest BCUT2D eigenvalue weighted by molar-refractivity contribution is 0.627. The Bertz CT molecular complexity index is 630. The lowest BCUT2D eigenvalue weighted by Gasteiger charge is -1.98. The second kappa shape index (κ2) is 27.7. The molecule has 31 heavy (non-hydrogen) atoms. The van der Waals surface area contributed by atoms with Crippen molar-refractivity contribution in [2.24, 2.45) is 0 Å².